The minimum Gasteiger partial charge on any atom is -0.0914 e. The molecule has 0 spiro atoms. The van der Waals surface area contributed by atoms with Crippen molar-refractivity contribution in [3.05, 3.63) is 12.2 Å². The minimum atomic E-state index is 0.751. The molecule has 0 saturated heterocycles. The summed E-state index contributed by atoms with van der Waals surface area (Å²) in [6.07, 6.45) is 11.4. The fraction of sp³-hybridized carbons (Fsp3) is 0.882. The Morgan fingerprint density at radius 3 is 2.00 bits per heavy atom. The summed E-state index contributed by atoms with van der Waals surface area (Å²) in [6, 6.07) is 0. The van der Waals surface area contributed by atoms with E-state index in [2.05, 4.69) is 53.7 Å². The number of allylic oxidation sites excluding steroid dienone is 2. The molecule has 0 bridgehead atoms. The summed E-state index contributed by atoms with van der Waals surface area (Å²) in [7, 11) is 0. The highest BCUT2D eigenvalue weighted by molar-refractivity contribution is 4.83. The molecule has 0 heteroatoms. The average Bonchev–Trinajstić information content (AvgIpc) is 2.32. The Bertz CT molecular complexity index is 192. The second-order valence-electron chi connectivity index (χ2n) is 6.04. The standard InChI is InChI=1S/C17H34/c1-7-9-11-15(4)17(6)16(5)13-12-14(3)10-8-2/h8,10,14-17H,7,9,11-13H2,1-6H3. The van der Waals surface area contributed by atoms with Gasteiger partial charge in [0.15, 0.2) is 0 Å². The van der Waals surface area contributed by atoms with E-state index in [0.717, 1.165) is 23.7 Å². The van der Waals surface area contributed by atoms with Gasteiger partial charge in [0, 0.05) is 0 Å². The van der Waals surface area contributed by atoms with Crippen LogP contribution in [0.4, 0.5) is 0 Å². The van der Waals surface area contributed by atoms with E-state index in [9.17, 15) is 0 Å². The van der Waals surface area contributed by atoms with Gasteiger partial charge in [-0.05, 0) is 43.4 Å². The zero-order chi connectivity index (χ0) is 13.3. The third-order valence-corrected chi connectivity index (χ3v) is 4.41. The van der Waals surface area contributed by atoms with Gasteiger partial charge in [-0.2, -0.15) is 0 Å². The van der Waals surface area contributed by atoms with Crippen molar-refractivity contribution in [2.75, 3.05) is 0 Å². The number of rotatable bonds is 9. The lowest BCUT2D eigenvalue weighted by Gasteiger charge is -2.26. The van der Waals surface area contributed by atoms with Crippen LogP contribution in [0.1, 0.15) is 73.6 Å². The summed E-state index contributed by atoms with van der Waals surface area (Å²) in [5.41, 5.74) is 0. The summed E-state index contributed by atoms with van der Waals surface area (Å²) in [5.74, 6) is 3.39. The first kappa shape index (κ1) is 16.7. The van der Waals surface area contributed by atoms with E-state index >= 15 is 0 Å². The first-order valence-corrected chi connectivity index (χ1v) is 7.65. The van der Waals surface area contributed by atoms with Gasteiger partial charge in [0.2, 0.25) is 0 Å². The third-order valence-electron chi connectivity index (χ3n) is 4.41. The number of hydrogen-bond acceptors (Lipinski definition) is 0. The van der Waals surface area contributed by atoms with Crippen LogP contribution in [0.2, 0.25) is 0 Å². The van der Waals surface area contributed by atoms with Crippen molar-refractivity contribution >= 4 is 0 Å². The Kier molecular flexibility index (Phi) is 9.59. The summed E-state index contributed by atoms with van der Waals surface area (Å²) in [5, 5.41) is 0. The predicted molar refractivity (Wildman–Crippen MR) is 80.2 cm³/mol. The molecule has 0 aliphatic carbocycles. The topological polar surface area (TPSA) is 0 Å². The number of hydrogen-bond donors (Lipinski definition) is 0. The monoisotopic (exact) mass is 238 g/mol. The molecular weight excluding hydrogens is 204 g/mol. The zero-order valence-corrected chi connectivity index (χ0v) is 13.0. The van der Waals surface area contributed by atoms with Gasteiger partial charge in [-0.25, -0.2) is 0 Å². The van der Waals surface area contributed by atoms with Crippen LogP contribution in [0.3, 0.4) is 0 Å². The van der Waals surface area contributed by atoms with E-state index in [4.69, 9.17) is 0 Å². The van der Waals surface area contributed by atoms with Gasteiger partial charge in [-0.15, -0.1) is 0 Å². The smallest absolute Gasteiger partial charge is 0.0262 e. The molecule has 17 heavy (non-hydrogen) atoms. The first-order valence-electron chi connectivity index (χ1n) is 7.65. The molecule has 0 aliphatic rings. The lowest BCUT2D eigenvalue weighted by atomic mass is 9.79. The molecule has 0 aliphatic heterocycles. The molecule has 0 rings (SSSR count). The third kappa shape index (κ3) is 7.63. The molecular formula is C17H34. The van der Waals surface area contributed by atoms with Crippen molar-refractivity contribution in [2.45, 2.75) is 73.6 Å². The van der Waals surface area contributed by atoms with E-state index < -0.39 is 0 Å². The lowest BCUT2D eigenvalue weighted by molar-refractivity contribution is 0.242. The van der Waals surface area contributed by atoms with Crippen molar-refractivity contribution < 1.29 is 0 Å². The van der Waals surface area contributed by atoms with Crippen LogP contribution in [0, 0.1) is 23.7 Å². The largest absolute Gasteiger partial charge is 0.0914 e. The van der Waals surface area contributed by atoms with Crippen molar-refractivity contribution in [1.82, 2.24) is 0 Å². The lowest BCUT2D eigenvalue weighted by Crippen LogP contribution is -2.17. The molecule has 0 N–H and O–H groups in total. The van der Waals surface area contributed by atoms with Gasteiger partial charge < -0.3 is 0 Å². The van der Waals surface area contributed by atoms with Crippen molar-refractivity contribution in [3.8, 4) is 0 Å². The SMILES string of the molecule is CC=CC(C)CCC(C)C(C)C(C)CCCC. The van der Waals surface area contributed by atoms with Crippen molar-refractivity contribution in [2.24, 2.45) is 23.7 Å². The number of unbranched alkanes of at least 4 members (excludes halogenated alkanes) is 1. The summed E-state index contributed by atoms with van der Waals surface area (Å²) in [6.45, 7) is 14.1. The summed E-state index contributed by atoms with van der Waals surface area (Å²) >= 11 is 0. The van der Waals surface area contributed by atoms with Gasteiger partial charge in [0.1, 0.15) is 0 Å². The molecule has 4 atom stereocenters. The predicted octanol–water partition coefficient (Wildman–Crippen LogP) is 6.08. The zero-order valence-electron chi connectivity index (χ0n) is 13.0. The van der Waals surface area contributed by atoms with Gasteiger partial charge in [0.25, 0.3) is 0 Å². The van der Waals surface area contributed by atoms with E-state index in [0.29, 0.717) is 0 Å². The molecule has 0 aromatic carbocycles. The molecule has 4 unspecified atom stereocenters. The van der Waals surface area contributed by atoms with Gasteiger partial charge >= 0.3 is 0 Å². The summed E-state index contributed by atoms with van der Waals surface area (Å²) < 4.78 is 0. The molecule has 0 radical (unpaired) electrons. The van der Waals surface area contributed by atoms with Crippen molar-refractivity contribution in [1.29, 1.82) is 0 Å². The molecule has 0 nitrogen and oxygen atoms in total. The molecule has 0 heterocycles. The normalized spacial score (nSPS) is 19.2. The Morgan fingerprint density at radius 2 is 1.47 bits per heavy atom. The second-order valence-corrected chi connectivity index (χ2v) is 6.04. The Balaban J connectivity index is 3.91. The van der Waals surface area contributed by atoms with E-state index in [1.807, 2.05) is 0 Å². The molecule has 0 fully saturated rings. The quantitative estimate of drug-likeness (QED) is 0.427. The highest BCUT2D eigenvalue weighted by atomic mass is 14.2. The Labute approximate surface area is 110 Å². The van der Waals surface area contributed by atoms with Crippen LogP contribution in [0.15, 0.2) is 12.2 Å². The van der Waals surface area contributed by atoms with E-state index in [1.165, 1.54) is 32.1 Å². The Hall–Kier alpha value is -0.260. The average molecular weight is 238 g/mol. The van der Waals surface area contributed by atoms with Gasteiger partial charge in [-0.3, -0.25) is 0 Å². The van der Waals surface area contributed by atoms with E-state index in [1.54, 1.807) is 0 Å². The van der Waals surface area contributed by atoms with Crippen LogP contribution < -0.4 is 0 Å². The molecule has 102 valence electrons. The second kappa shape index (κ2) is 9.74. The maximum atomic E-state index is 2.45. The molecule has 0 saturated carbocycles. The van der Waals surface area contributed by atoms with Crippen LogP contribution >= 0.6 is 0 Å². The maximum Gasteiger partial charge on any atom is -0.0262 e. The van der Waals surface area contributed by atoms with Gasteiger partial charge in [0.05, 0.1) is 0 Å². The first-order chi connectivity index (χ1) is 8.02. The fourth-order valence-electron chi connectivity index (χ4n) is 2.56. The highest BCUT2D eigenvalue weighted by Crippen LogP contribution is 2.28. The van der Waals surface area contributed by atoms with Crippen LogP contribution in [0.25, 0.3) is 0 Å². The van der Waals surface area contributed by atoms with Crippen molar-refractivity contribution in [3.63, 3.8) is 0 Å². The highest BCUT2D eigenvalue weighted by Gasteiger charge is 2.18. The minimum absolute atomic E-state index is 0.751. The van der Waals surface area contributed by atoms with E-state index in [-0.39, 0.29) is 0 Å². The summed E-state index contributed by atoms with van der Waals surface area (Å²) in [4.78, 5) is 0. The Morgan fingerprint density at radius 1 is 0.882 bits per heavy atom. The van der Waals surface area contributed by atoms with Crippen LogP contribution in [0.5, 0.6) is 0 Å². The fourth-order valence-corrected chi connectivity index (χ4v) is 2.56. The molecule has 0 aromatic rings. The van der Waals surface area contributed by atoms with Crippen LogP contribution in [-0.2, 0) is 0 Å². The maximum absolute atomic E-state index is 2.45. The van der Waals surface area contributed by atoms with Crippen LogP contribution in [-0.4, -0.2) is 0 Å². The molecule has 0 amide bonds. The van der Waals surface area contributed by atoms with Gasteiger partial charge in [-0.1, -0.05) is 66.0 Å². The molecule has 0 aromatic heterocycles.